The number of hydrogen-bond donors (Lipinski definition) is 2. The Kier molecular flexibility index (Phi) is 7.61. The number of rotatable bonds is 8. The van der Waals surface area contributed by atoms with Crippen LogP contribution < -0.4 is 20.3 Å². The molecule has 1 aliphatic heterocycles. The van der Waals surface area contributed by atoms with E-state index in [9.17, 15) is 4.39 Å². The van der Waals surface area contributed by atoms with Crippen LogP contribution in [0.1, 0.15) is 31.7 Å². The van der Waals surface area contributed by atoms with Gasteiger partial charge in [0, 0.05) is 50.7 Å². The van der Waals surface area contributed by atoms with Gasteiger partial charge in [-0.05, 0) is 31.0 Å². The van der Waals surface area contributed by atoms with E-state index in [0.29, 0.717) is 37.4 Å². The van der Waals surface area contributed by atoms with E-state index in [-0.39, 0.29) is 11.9 Å². The first-order valence-electron chi connectivity index (χ1n) is 10.1. The highest BCUT2D eigenvalue weighted by Gasteiger charge is 2.26. The summed E-state index contributed by atoms with van der Waals surface area (Å²) in [6, 6.07) is 7.11. The van der Waals surface area contributed by atoms with Crippen LogP contribution in [-0.2, 0) is 6.54 Å². The van der Waals surface area contributed by atoms with Gasteiger partial charge in [-0.1, -0.05) is 19.4 Å². The number of aromatic nitrogens is 2. The molecule has 2 aromatic heterocycles. The van der Waals surface area contributed by atoms with Crippen LogP contribution in [0.5, 0.6) is 5.88 Å². The van der Waals surface area contributed by atoms with Gasteiger partial charge in [0.2, 0.25) is 5.88 Å². The minimum Gasteiger partial charge on any atom is -0.477 e. The number of hydrogen-bond acceptors (Lipinski definition) is 5. The molecule has 0 aliphatic carbocycles. The van der Waals surface area contributed by atoms with Crippen molar-refractivity contribution in [3.05, 3.63) is 48.0 Å². The van der Waals surface area contributed by atoms with Gasteiger partial charge >= 0.3 is 0 Å². The number of unbranched alkanes of at least 4 members (excludes halogenated alkanes) is 1. The van der Waals surface area contributed by atoms with Crippen molar-refractivity contribution < 1.29 is 9.13 Å². The molecule has 3 rings (SSSR count). The third kappa shape index (κ3) is 5.79. The Morgan fingerprint density at radius 1 is 1.31 bits per heavy atom. The first-order chi connectivity index (χ1) is 14.2. The first-order valence-corrected chi connectivity index (χ1v) is 10.1. The molecule has 1 atom stereocenters. The smallest absolute Gasteiger partial charge is 0.218 e. The zero-order valence-electron chi connectivity index (χ0n) is 17.1. The van der Waals surface area contributed by atoms with Gasteiger partial charge in [-0.25, -0.2) is 14.4 Å². The number of guanidine groups is 1. The van der Waals surface area contributed by atoms with Gasteiger partial charge in [-0.3, -0.25) is 4.99 Å². The number of ether oxygens (including phenoxy) is 1. The van der Waals surface area contributed by atoms with Gasteiger partial charge in [0.25, 0.3) is 0 Å². The molecule has 1 saturated heterocycles. The van der Waals surface area contributed by atoms with E-state index in [1.54, 1.807) is 25.5 Å². The van der Waals surface area contributed by atoms with Crippen molar-refractivity contribution in [3.8, 4) is 5.88 Å². The van der Waals surface area contributed by atoms with Crippen molar-refractivity contribution in [1.82, 2.24) is 20.6 Å². The molecule has 0 spiro atoms. The molecule has 7 nitrogen and oxygen atoms in total. The molecular weight excluding hydrogens is 371 g/mol. The van der Waals surface area contributed by atoms with E-state index in [0.717, 1.165) is 31.4 Å². The second kappa shape index (κ2) is 10.6. The average Bonchev–Trinajstić information content (AvgIpc) is 3.20. The Morgan fingerprint density at radius 3 is 2.93 bits per heavy atom. The molecule has 1 unspecified atom stereocenters. The first kappa shape index (κ1) is 20.8. The normalized spacial score (nSPS) is 16.7. The number of halogens is 1. The fraction of sp³-hybridized carbons (Fsp3) is 0.476. The summed E-state index contributed by atoms with van der Waals surface area (Å²) >= 11 is 0. The van der Waals surface area contributed by atoms with Gasteiger partial charge in [-0.15, -0.1) is 0 Å². The van der Waals surface area contributed by atoms with E-state index in [2.05, 4.69) is 32.5 Å². The van der Waals surface area contributed by atoms with Gasteiger partial charge in [0.05, 0.1) is 6.61 Å². The standard InChI is InChI=1S/C21H29FN6O/c1-3-4-13-29-20-16(7-5-11-25-20)14-26-21(23-2)27-17-9-12-28(15-17)19-18(22)8-6-10-24-19/h5-8,10-11,17H,3-4,9,12-15H2,1-2H3,(H2,23,26,27). The van der Waals surface area contributed by atoms with Crippen molar-refractivity contribution in [2.75, 3.05) is 31.6 Å². The van der Waals surface area contributed by atoms with Crippen LogP contribution in [0.4, 0.5) is 10.2 Å². The lowest BCUT2D eigenvalue weighted by Gasteiger charge is -2.20. The lowest BCUT2D eigenvalue weighted by atomic mass is 10.2. The third-order valence-electron chi connectivity index (χ3n) is 4.82. The molecule has 29 heavy (non-hydrogen) atoms. The zero-order chi connectivity index (χ0) is 20.5. The maximum Gasteiger partial charge on any atom is 0.218 e. The molecule has 3 heterocycles. The number of nitrogens with one attached hydrogen (secondary N) is 2. The predicted octanol–water partition coefficient (Wildman–Crippen LogP) is 2.74. The summed E-state index contributed by atoms with van der Waals surface area (Å²) in [6.07, 6.45) is 6.32. The van der Waals surface area contributed by atoms with Gasteiger partial charge in [0.15, 0.2) is 17.6 Å². The zero-order valence-corrected chi connectivity index (χ0v) is 17.1. The van der Waals surface area contributed by atoms with E-state index < -0.39 is 0 Å². The van der Waals surface area contributed by atoms with Crippen LogP contribution in [0.25, 0.3) is 0 Å². The van der Waals surface area contributed by atoms with Crippen LogP contribution in [0.3, 0.4) is 0 Å². The fourth-order valence-corrected chi connectivity index (χ4v) is 3.25. The highest BCUT2D eigenvalue weighted by molar-refractivity contribution is 5.80. The predicted molar refractivity (Wildman–Crippen MR) is 113 cm³/mol. The van der Waals surface area contributed by atoms with Crippen molar-refractivity contribution in [2.45, 2.75) is 38.8 Å². The number of aliphatic imine (C=N–C) groups is 1. The van der Waals surface area contributed by atoms with Gasteiger partial charge in [-0.2, -0.15) is 0 Å². The molecular formula is C21H29FN6O. The Bertz CT molecular complexity index is 815. The van der Waals surface area contributed by atoms with Crippen molar-refractivity contribution in [1.29, 1.82) is 0 Å². The average molecular weight is 401 g/mol. The Labute approximate surface area is 171 Å². The highest BCUT2D eigenvalue weighted by atomic mass is 19.1. The van der Waals surface area contributed by atoms with E-state index in [1.165, 1.54) is 6.07 Å². The second-order valence-corrected chi connectivity index (χ2v) is 6.98. The molecule has 8 heteroatoms. The molecule has 2 aromatic rings. The fourth-order valence-electron chi connectivity index (χ4n) is 3.25. The summed E-state index contributed by atoms with van der Waals surface area (Å²) in [5, 5.41) is 6.73. The van der Waals surface area contributed by atoms with E-state index in [4.69, 9.17) is 4.74 Å². The largest absolute Gasteiger partial charge is 0.477 e. The molecule has 1 aliphatic rings. The van der Waals surface area contributed by atoms with Crippen molar-refractivity contribution in [3.63, 3.8) is 0 Å². The quantitative estimate of drug-likeness (QED) is 0.403. The third-order valence-corrected chi connectivity index (χ3v) is 4.82. The summed E-state index contributed by atoms with van der Waals surface area (Å²) < 4.78 is 19.8. The number of anilines is 1. The monoisotopic (exact) mass is 400 g/mol. The molecule has 0 amide bonds. The molecule has 1 fully saturated rings. The maximum absolute atomic E-state index is 14.0. The molecule has 0 radical (unpaired) electrons. The van der Waals surface area contributed by atoms with Gasteiger partial charge in [0.1, 0.15) is 0 Å². The molecule has 156 valence electrons. The molecule has 0 saturated carbocycles. The molecule has 0 bridgehead atoms. The summed E-state index contributed by atoms with van der Waals surface area (Å²) in [5.74, 6) is 1.47. The van der Waals surface area contributed by atoms with Crippen LogP contribution in [0.2, 0.25) is 0 Å². The number of nitrogens with zero attached hydrogens (tertiary/aromatic N) is 4. The lowest BCUT2D eigenvalue weighted by molar-refractivity contribution is 0.294. The SMILES string of the molecule is CCCCOc1ncccc1CNC(=NC)NC1CCN(c2ncccc2F)C1. The lowest BCUT2D eigenvalue weighted by Crippen LogP contribution is -2.44. The van der Waals surface area contributed by atoms with Crippen molar-refractivity contribution in [2.24, 2.45) is 4.99 Å². The minimum absolute atomic E-state index is 0.164. The Balaban J connectivity index is 1.52. The summed E-state index contributed by atoms with van der Waals surface area (Å²) in [5.41, 5.74) is 0.982. The highest BCUT2D eigenvalue weighted by Crippen LogP contribution is 2.21. The van der Waals surface area contributed by atoms with Crippen LogP contribution >= 0.6 is 0 Å². The molecule has 2 N–H and O–H groups in total. The maximum atomic E-state index is 14.0. The van der Waals surface area contributed by atoms with Crippen LogP contribution in [-0.4, -0.2) is 48.7 Å². The Hall–Kier alpha value is -2.90. The minimum atomic E-state index is -0.289. The van der Waals surface area contributed by atoms with E-state index in [1.807, 2.05) is 17.0 Å². The van der Waals surface area contributed by atoms with Gasteiger partial charge < -0.3 is 20.3 Å². The van der Waals surface area contributed by atoms with E-state index >= 15 is 0 Å². The summed E-state index contributed by atoms with van der Waals surface area (Å²) in [7, 11) is 1.74. The van der Waals surface area contributed by atoms with Crippen LogP contribution in [0, 0.1) is 5.82 Å². The summed E-state index contributed by atoms with van der Waals surface area (Å²) in [4.78, 5) is 14.8. The second-order valence-electron chi connectivity index (χ2n) is 6.98. The topological polar surface area (TPSA) is 74.7 Å². The van der Waals surface area contributed by atoms with Crippen LogP contribution in [0.15, 0.2) is 41.7 Å². The number of pyridine rings is 2. The van der Waals surface area contributed by atoms with Crippen molar-refractivity contribution >= 4 is 11.8 Å². The Morgan fingerprint density at radius 2 is 2.14 bits per heavy atom. The summed E-state index contributed by atoms with van der Waals surface area (Å²) in [6.45, 7) is 4.77. The molecule has 0 aromatic carbocycles.